The van der Waals surface area contributed by atoms with Crippen LogP contribution in [0.2, 0.25) is 5.02 Å². The Morgan fingerprint density at radius 3 is 2.78 bits per heavy atom. The summed E-state index contributed by atoms with van der Waals surface area (Å²) in [7, 11) is 1.60. The van der Waals surface area contributed by atoms with E-state index in [0.717, 1.165) is 31.5 Å². The van der Waals surface area contributed by atoms with E-state index < -0.39 is 0 Å². The van der Waals surface area contributed by atoms with E-state index in [2.05, 4.69) is 10.2 Å². The Balaban J connectivity index is 1.79. The summed E-state index contributed by atoms with van der Waals surface area (Å²) in [5.74, 6) is 1.06. The zero-order valence-electron chi connectivity index (χ0n) is 13.7. The highest BCUT2D eigenvalue weighted by atomic mass is 35.5. The fraction of sp³-hybridized carbons (Fsp3) is 0.588. The molecular weight excluding hydrogens is 316 g/mol. The van der Waals surface area contributed by atoms with Crippen LogP contribution in [0.5, 0.6) is 5.75 Å². The molecule has 1 aromatic carbocycles. The Hall–Kier alpha value is -1.30. The standard InChI is InChI=1S/C17H25ClN2O3/c1-12(21)13-5-7-20(8-6-13)11-17(22)19-10-14-9-15(18)3-4-16(14)23-2/h3-4,9,12-13,21H,5-8,10-11H2,1-2H3,(H,19,22). The summed E-state index contributed by atoms with van der Waals surface area (Å²) in [5, 5.41) is 13.1. The van der Waals surface area contributed by atoms with Crippen LogP contribution >= 0.6 is 11.6 Å². The van der Waals surface area contributed by atoms with Gasteiger partial charge in [0.15, 0.2) is 0 Å². The minimum absolute atomic E-state index is 0.0116. The van der Waals surface area contributed by atoms with Gasteiger partial charge in [0.25, 0.3) is 0 Å². The van der Waals surface area contributed by atoms with Crippen LogP contribution in [0.15, 0.2) is 18.2 Å². The number of rotatable bonds is 6. The van der Waals surface area contributed by atoms with E-state index in [0.29, 0.717) is 29.8 Å². The van der Waals surface area contributed by atoms with E-state index in [4.69, 9.17) is 16.3 Å². The third-order valence-electron chi connectivity index (χ3n) is 4.40. The zero-order valence-corrected chi connectivity index (χ0v) is 14.5. The summed E-state index contributed by atoms with van der Waals surface area (Å²) in [6.45, 7) is 4.32. The predicted molar refractivity (Wildman–Crippen MR) is 90.7 cm³/mol. The molecule has 5 nitrogen and oxygen atoms in total. The fourth-order valence-corrected chi connectivity index (χ4v) is 3.13. The quantitative estimate of drug-likeness (QED) is 0.832. The van der Waals surface area contributed by atoms with E-state index in [9.17, 15) is 9.90 Å². The van der Waals surface area contributed by atoms with Gasteiger partial charge in [-0.1, -0.05) is 11.6 Å². The van der Waals surface area contributed by atoms with Crippen molar-refractivity contribution in [2.24, 2.45) is 5.92 Å². The lowest BCUT2D eigenvalue weighted by Crippen LogP contribution is -2.42. The number of carbonyl (C=O) groups is 1. The third kappa shape index (κ3) is 5.37. The highest BCUT2D eigenvalue weighted by molar-refractivity contribution is 6.30. The number of hydrogen-bond acceptors (Lipinski definition) is 4. The Morgan fingerprint density at radius 1 is 1.48 bits per heavy atom. The van der Waals surface area contributed by atoms with Gasteiger partial charge >= 0.3 is 0 Å². The van der Waals surface area contributed by atoms with Crippen LogP contribution in [0, 0.1) is 5.92 Å². The van der Waals surface area contributed by atoms with Crippen molar-refractivity contribution in [3.8, 4) is 5.75 Å². The summed E-state index contributed by atoms with van der Waals surface area (Å²) in [4.78, 5) is 14.2. The fourth-order valence-electron chi connectivity index (χ4n) is 2.93. The van der Waals surface area contributed by atoms with Crippen molar-refractivity contribution in [3.63, 3.8) is 0 Å². The summed E-state index contributed by atoms with van der Waals surface area (Å²) in [6, 6.07) is 5.36. The molecule has 0 saturated carbocycles. The number of aliphatic hydroxyl groups excluding tert-OH is 1. The Kier molecular flexibility index (Phi) is 6.69. The van der Waals surface area contributed by atoms with E-state index in [1.807, 2.05) is 6.92 Å². The number of halogens is 1. The van der Waals surface area contributed by atoms with Crippen LogP contribution < -0.4 is 10.1 Å². The molecule has 1 saturated heterocycles. The smallest absolute Gasteiger partial charge is 0.234 e. The summed E-state index contributed by atoms with van der Waals surface area (Å²) >= 11 is 5.99. The number of aliphatic hydroxyl groups is 1. The van der Waals surface area contributed by atoms with Gasteiger partial charge in [-0.15, -0.1) is 0 Å². The number of nitrogens with zero attached hydrogens (tertiary/aromatic N) is 1. The molecule has 128 valence electrons. The first-order valence-corrected chi connectivity index (χ1v) is 8.37. The molecule has 0 aromatic heterocycles. The predicted octanol–water partition coefficient (Wildman–Crippen LogP) is 2.06. The van der Waals surface area contributed by atoms with Crippen LogP contribution in [0.25, 0.3) is 0 Å². The van der Waals surface area contributed by atoms with Gasteiger partial charge in [-0.05, 0) is 57.0 Å². The van der Waals surface area contributed by atoms with Crippen LogP contribution in [0.4, 0.5) is 0 Å². The van der Waals surface area contributed by atoms with Gasteiger partial charge in [0.1, 0.15) is 5.75 Å². The van der Waals surface area contributed by atoms with E-state index >= 15 is 0 Å². The van der Waals surface area contributed by atoms with Crippen molar-refractivity contribution < 1.29 is 14.6 Å². The van der Waals surface area contributed by atoms with Crippen LogP contribution in [-0.4, -0.2) is 48.8 Å². The maximum absolute atomic E-state index is 12.1. The van der Waals surface area contributed by atoms with Crippen molar-refractivity contribution in [1.82, 2.24) is 10.2 Å². The van der Waals surface area contributed by atoms with Crippen molar-refractivity contribution in [3.05, 3.63) is 28.8 Å². The Labute approximate surface area is 142 Å². The molecule has 1 atom stereocenters. The molecule has 1 amide bonds. The van der Waals surface area contributed by atoms with Gasteiger partial charge < -0.3 is 15.2 Å². The number of likely N-dealkylation sites (tertiary alicyclic amines) is 1. The topological polar surface area (TPSA) is 61.8 Å². The van der Waals surface area contributed by atoms with E-state index in [-0.39, 0.29) is 12.0 Å². The average molecular weight is 341 g/mol. The molecule has 1 unspecified atom stereocenters. The van der Waals surface area contributed by atoms with Gasteiger partial charge in [0.05, 0.1) is 19.8 Å². The first-order chi connectivity index (χ1) is 11.0. The molecule has 0 aliphatic carbocycles. The molecule has 0 radical (unpaired) electrons. The zero-order chi connectivity index (χ0) is 16.8. The number of amides is 1. The first-order valence-electron chi connectivity index (χ1n) is 7.99. The largest absolute Gasteiger partial charge is 0.496 e. The van der Waals surface area contributed by atoms with Crippen LogP contribution in [0.3, 0.4) is 0 Å². The molecule has 1 aliphatic heterocycles. The molecular formula is C17H25ClN2O3. The third-order valence-corrected chi connectivity index (χ3v) is 4.64. The van der Waals surface area contributed by atoms with Gasteiger partial charge in [0, 0.05) is 17.1 Å². The molecule has 2 N–H and O–H groups in total. The van der Waals surface area contributed by atoms with Crippen LogP contribution in [0.1, 0.15) is 25.3 Å². The lowest BCUT2D eigenvalue weighted by Gasteiger charge is -2.32. The molecule has 2 rings (SSSR count). The summed E-state index contributed by atoms with van der Waals surface area (Å²) in [6.07, 6.45) is 1.61. The normalized spacial score (nSPS) is 17.7. The van der Waals surface area contributed by atoms with Gasteiger partial charge in [-0.25, -0.2) is 0 Å². The average Bonchev–Trinajstić information content (AvgIpc) is 2.53. The number of piperidine rings is 1. The van der Waals surface area contributed by atoms with Crippen molar-refractivity contribution in [1.29, 1.82) is 0 Å². The monoisotopic (exact) mass is 340 g/mol. The number of ether oxygens (including phenoxy) is 1. The number of nitrogens with one attached hydrogen (secondary N) is 1. The maximum Gasteiger partial charge on any atom is 0.234 e. The second-order valence-corrected chi connectivity index (χ2v) is 6.52. The first kappa shape index (κ1) is 18.0. The molecule has 1 aliphatic rings. The molecule has 0 bridgehead atoms. The number of benzene rings is 1. The lowest BCUT2D eigenvalue weighted by atomic mass is 9.92. The molecule has 1 heterocycles. The lowest BCUT2D eigenvalue weighted by molar-refractivity contribution is -0.122. The second kappa shape index (κ2) is 8.52. The summed E-state index contributed by atoms with van der Waals surface area (Å²) < 4.78 is 5.27. The van der Waals surface area contributed by atoms with Crippen molar-refractivity contribution >= 4 is 17.5 Å². The van der Waals surface area contributed by atoms with Gasteiger partial charge in [0.2, 0.25) is 5.91 Å². The number of methoxy groups -OCH3 is 1. The van der Waals surface area contributed by atoms with Crippen LogP contribution in [-0.2, 0) is 11.3 Å². The maximum atomic E-state index is 12.1. The Morgan fingerprint density at radius 2 is 2.17 bits per heavy atom. The highest BCUT2D eigenvalue weighted by Crippen LogP contribution is 2.22. The molecule has 23 heavy (non-hydrogen) atoms. The SMILES string of the molecule is COc1ccc(Cl)cc1CNC(=O)CN1CCC(C(C)O)CC1. The summed E-state index contributed by atoms with van der Waals surface area (Å²) in [5.41, 5.74) is 0.862. The molecule has 0 spiro atoms. The highest BCUT2D eigenvalue weighted by Gasteiger charge is 2.23. The number of carbonyl (C=O) groups excluding carboxylic acids is 1. The van der Waals surface area contributed by atoms with E-state index in [1.54, 1.807) is 25.3 Å². The second-order valence-electron chi connectivity index (χ2n) is 6.09. The van der Waals surface area contributed by atoms with Gasteiger partial charge in [-0.2, -0.15) is 0 Å². The molecule has 1 aromatic rings. The minimum Gasteiger partial charge on any atom is -0.496 e. The van der Waals surface area contributed by atoms with Crippen molar-refractivity contribution in [2.45, 2.75) is 32.4 Å². The Bertz CT molecular complexity index is 529. The number of hydrogen-bond donors (Lipinski definition) is 2. The minimum atomic E-state index is -0.263. The molecule has 1 fully saturated rings. The van der Waals surface area contributed by atoms with E-state index in [1.165, 1.54) is 0 Å². The van der Waals surface area contributed by atoms with Gasteiger partial charge in [-0.3, -0.25) is 9.69 Å². The van der Waals surface area contributed by atoms with Crippen molar-refractivity contribution in [2.75, 3.05) is 26.7 Å². The molecule has 6 heteroatoms.